The fourth-order valence-electron chi connectivity index (χ4n) is 1.69. The summed E-state index contributed by atoms with van der Waals surface area (Å²) in [6, 6.07) is 14.5. The van der Waals surface area contributed by atoms with Crippen molar-refractivity contribution in [2.24, 2.45) is 0 Å². The molecule has 2 aromatic carbocycles. The number of nitrogens with one attached hydrogen (secondary N) is 1. The van der Waals surface area contributed by atoms with Gasteiger partial charge in [-0.2, -0.15) is 0 Å². The van der Waals surface area contributed by atoms with Crippen molar-refractivity contribution in [3.05, 3.63) is 64.7 Å². The molecular formula is C15H15ClN2O. The van der Waals surface area contributed by atoms with E-state index in [9.17, 15) is 4.79 Å². The van der Waals surface area contributed by atoms with Crippen LogP contribution in [0.1, 0.15) is 15.9 Å². The van der Waals surface area contributed by atoms with Gasteiger partial charge in [-0.3, -0.25) is 4.79 Å². The van der Waals surface area contributed by atoms with E-state index in [0.717, 1.165) is 5.56 Å². The van der Waals surface area contributed by atoms with Crippen LogP contribution in [0.15, 0.2) is 48.5 Å². The molecular weight excluding hydrogens is 260 g/mol. The third-order valence-electron chi connectivity index (χ3n) is 2.76. The Bertz CT molecular complexity index is 549. The number of nitrogen functional groups attached to an aromatic ring is 1. The third-order valence-corrected chi connectivity index (χ3v) is 3.01. The van der Waals surface area contributed by atoms with E-state index in [4.69, 9.17) is 17.3 Å². The molecule has 0 heterocycles. The first-order valence-electron chi connectivity index (χ1n) is 5.99. The molecule has 3 N–H and O–H groups in total. The molecule has 0 aliphatic heterocycles. The van der Waals surface area contributed by atoms with Gasteiger partial charge in [0.25, 0.3) is 0 Å². The Morgan fingerprint density at radius 3 is 2.32 bits per heavy atom. The number of carbonyl (C=O) groups excluding carboxylic acids is 1. The molecule has 0 radical (unpaired) electrons. The number of rotatable bonds is 5. The molecule has 2 rings (SSSR count). The van der Waals surface area contributed by atoms with E-state index in [1.165, 1.54) is 0 Å². The molecule has 0 fully saturated rings. The minimum atomic E-state index is 0.0500. The van der Waals surface area contributed by atoms with Gasteiger partial charge in [0, 0.05) is 22.8 Å². The van der Waals surface area contributed by atoms with Crippen molar-refractivity contribution in [1.82, 2.24) is 5.32 Å². The number of halogens is 1. The maximum absolute atomic E-state index is 11.9. The monoisotopic (exact) mass is 274 g/mol. The van der Waals surface area contributed by atoms with Gasteiger partial charge in [0.15, 0.2) is 5.78 Å². The number of carbonyl (C=O) groups is 1. The lowest BCUT2D eigenvalue weighted by molar-refractivity contribution is 0.0991. The van der Waals surface area contributed by atoms with Gasteiger partial charge < -0.3 is 11.1 Å². The summed E-state index contributed by atoms with van der Waals surface area (Å²) in [5, 5.41) is 3.82. The molecule has 0 bridgehead atoms. The van der Waals surface area contributed by atoms with E-state index in [-0.39, 0.29) is 5.78 Å². The molecule has 0 saturated carbocycles. The molecule has 0 amide bonds. The summed E-state index contributed by atoms with van der Waals surface area (Å²) in [6.07, 6.45) is 0. The Morgan fingerprint density at radius 2 is 1.68 bits per heavy atom. The van der Waals surface area contributed by atoms with Gasteiger partial charge in [0.1, 0.15) is 0 Å². The number of hydrogen-bond donors (Lipinski definition) is 2. The van der Waals surface area contributed by atoms with Crippen LogP contribution in [0.2, 0.25) is 5.02 Å². The second-order valence-electron chi connectivity index (χ2n) is 4.28. The molecule has 4 heteroatoms. The van der Waals surface area contributed by atoms with Crippen LogP contribution in [0, 0.1) is 0 Å². The first-order chi connectivity index (χ1) is 9.15. The lowest BCUT2D eigenvalue weighted by Gasteiger charge is -2.05. The number of hydrogen-bond acceptors (Lipinski definition) is 3. The van der Waals surface area contributed by atoms with Crippen molar-refractivity contribution in [3.63, 3.8) is 0 Å². The predicted molar refractivity (Wildman–Crippen MR) is 78.3 cm³/mol. The summed E-state index contributed by atoms with van der Waals surface area (Å²) in [4.78, 5) is 11.9. The second kappa shape index (κ2) is 6.36. The molecule has 19 heavy (non-hydrogen) atoms. The zero-order valence-corrected chi connectivity index (χ0v) is 11.2. The Labute approximate surface area is 117 Å². The van der Waals surface area contributed by atoms with Gasteiger partial charge in [0.2, 0.25) is 0 Å². The quantitative estimate of drug-likeness (QED) is 0.651. The van der Waals surface area contributed by atoms with E-state index in [2.05, 4.69) is 5.32 Å². The van der Waals surface area contributed by atoms with E-state index in [0.29, 0.717) is 29.4 Å². The van der Waals surface area contributed by atoms with Crippen molar-refractivity contribution in [2.45, 2.75) is 6.54 Å². The van der Waals surface area contributed by atoms with Crippen LogP contribution >= 0.6 is 11.6 Å². The summed E-state index contributed by atoms with van der Waals surface area (Å²) in [5.74, 6) is 0.0500. The maximum Gasteiger partial charge on any atom is 0.176 e. The van der Waals surface area contributed by atoms with Crippen LogP contribution in [0.25, 0.3) is 0 Å². The molecule has 0 aliphatic rings. The van der Waals surface area contributed by atoms with Crippen molar-refractivity contribution >= 4 is 23.1 Å². The van der Waals surface area contributed by atoms with E-state index < -0.39 is 0 Å². The summed E-state index contributed by atoms with van der Waals surface area (Å²) < 4.78 is 0. The van der Waals surface area contributed by atoms with Crippen molar-refractivity contribution in [2.75, 3.05) is 12.3 Å². The summed E-state index contributed by atoms with van der Waals surface area (Å²) in [6.45, 7) is 0.935. The average Bonchev–Trinajstić information content (AvgIpc) is 2.41. The smallest absolute Gasteiger partial charge is 0.176 e. The topological polar surface area (TPSA) is 55.1 Å². The number of benzene rings is 2. The van der Waals surface area contributed by atoms with Gasteiger partial charge in [-0.25, -0.2) is 0 Å². The Balaban J connectivity index is 1.84. The number of anilines is 1. The molecule has 0 atom stereocenters. The highest BCUT2D eigenvalue weighted by Gasteiger charge is 2.04. The highest BCUT2D eigenvalue weighted by atomic mass is 35.5. The van der Waals surface area contributed by atoms with Gasteiger partial charge in [-0.1, -0.05) is 23.7 Å². The highest BCUT2D eigenvalue weighted by Crippen LogP contribution is 2.09. The van der Waals surface area contributed by atoms with Gasteiger partial charge in [-0.05, 0) is 42.0 Å². The lowest BCUT2D eigenvalue weighted by atomic mass is 10.1. The molecule has 0 saturated heterocycles. The van der Waals surface area contributed by atoms with Crippen molar-refractivity contribution < 1.29 is 4.79 Å². The molecule has 0 unspecified atom stereocenters. The van der Waals surface area contributed by atoms with Gasteiger partial charge in [-0.15, -0.1) is 0 Å². The third kappa shape index (κ3) is 4.09. The number of nitrogens with two attached hydrogens (primary N) is 1. The zero-order chi connectivity index (χ0) is 13.7. The largest absolute Gasteiger partial charge is 0.399 e. The zero-order valence-electron chi connectivity index (χ0n) is 10.4. The number of Topliss-reactive ketones (excluding diaryl/α,β-unsaturated/α-hetero) is 1. The Kier molecular flexibility index (Phi) is 4.55. The van der Waals surface area contributed by atoms with Crippen molar-refractivity contribution in [3.8, 4) is 0 Å². The van der Waals surface area contributed by atoms with Crippen molar-refractivity contribution in [1.29, 1.82) is 0 Å². The molecule has 3 nitrogen and oxygen atoms in total. The van der Waals surface area contributed by atoms with Crippen LogP contribution in [0.4, 0.5) is 5.69 Å². The highest BCUT2D eigenvalue weighted by molar-refractivity contribution is 6.30. The summed E-state index contributed by atoms with van der Waals surface area (Å²) >= 11 is 5.80. The standard InChI is InChI=1S/C15H15ClN2O/c16-13-5-1-11(2-6-13)9-18-10-15(19)12-3-7-14(17)8-4-12/h1-8,18H,9-10,17H2. The first-order valence-corrected chi connectivity index (χ1v) is 6.37. The van der Waals surface area contributed by atoms with E-state index >= 15 is 0 Å². The fraction of sp³-hybridized carbons (Fsp3) is 0.133. The minimum absolute atomic E-state index is 0.0500. The van der Waals surface area contributed by atoms with Crippen LogP contribution in [-0.2, 0) is 6.54 Å². The first kappa shape index (κ1) is 13.6. The molecule has 2 aromatic rings. The molecule has 0 aromatic heterocycles. The minimum Gasteiger partial charge on any atom is -0.399 e. The SMILES string of the molecule is Nc1ccc(C(=O)CNCc2ccc(Cl)cc2)cc1. The van der Waals surface area contributed by atoms with Crippen LogP contribution in [0.3, 0.4) is 0 Å². The number of ketones is 1. The summed E-state index contributed by atoms with van der Waals surface area (Å²) in [7, 11) is 0. The molecule has 98 valence electrons. The average molecular weight is 275 g/mol. The van der Waals surface area contributed by atoms with E-state index in [1.54, 1.807) is 24.3 Å². The van der Waals surface area contributed by atoms with Crippen LogP contribution < -0.4 is 11.1 Å². The van der Waals surface area contributed by atoms with Gasteiger partial charge >= 0.3 is 0 Å². The normalized spacial score (nSPS) is 10.4. The molecule has 0 spiro atoms. The van der Waals surface area contributed by atoms with Gasteiger partial charge in [0.05, 0.1) is 6.54 Å². The second-order valence-corrected chi connectivity index (χ2v) is 4.71. The van der Waals surface area contributed by atoms with Crippen LogP contribution in [-0.4, -0.2) is 12.3 Å². The lowest BCUT2D eigenvalue weighted by Crippen LogP contribution is -2.22. The Hall–Kier alpha value is -1.84. The molecule has 0 aliphatic carbocycles. The maximum atomic E-state index is 11.9. The van der Waals surface area contributed by atoms with E-state index in [1.807, 2.05) is 24.3 Å². The predicted octanol–water partition coefficient (Wildman–Crippen LogP) is 2.89. The Morgan fingerprint density at radius 1 is 1.05 bits per heavy atom. The fourth-order valence-corrected chi connectivity index (χ4v) is 1.82. The van der Waals surface area contributed by atoms with Crippen LogP contribution in [0.5, 0.6) is 0 Å². The summed E-state index contributed by atoms with van der Waals surface area (Å²) in [5.41, 5.74) is 7.99.